The predicted octanol–water partition coefficient (Wildman–Crippen LogP) is 2.19. The topological polar surface area (TPSA) is 70.4 Å². The molecule has 1 aromatic heterocycles. The molecular formula is C7H4BrF2NO3. The van der Waals surface area contributed by atoms with E-state index in [0.29, 0.717) is 6.07 Å². The van der Waals surface area contributed by atoms with E-state index in [1.54, 1.807) is 0 Å². The molecule has 0 bridgehead atoms. The van der Waals surface area contributed by atoms with Crippen LogP contribution >= 0.6 is 15.9 Å². The molecule has 0 atom stereocenters. The fourth-order valence-electron chi connectivity index (χ4n) is 0.806. The number of aromatic nitrogens is 1. The Labute approximate surface area is 85.3 Å². The van der Waals surface area contributed by atoms with Crippen LogP contribution in [0.4, 0.5) is 8.78 Å². The quantitative estimate of drug-likeness (QED) is 0.806. The van der Waals surface area contributed by atoms with Gasteiger partial charge in [0.25, 0.3) is 6.43 Å². The van der Waals surface area contributed by atoms with Crippen LogP contribution in [0.3, 0.4) is 0 Å². The number of rotatable bonds is 2. The van der Waals surface area contributed by atoms with Crippen LogP contribution in [0.5, 0.6) is 5.75 Å². The summed E-state index contributed by atoms with van der Waals surface area (Å²) in [5.74, 6) is -2.26. The second-order valence-corrected chi connectivity index (χ2v) is 3.09. The largest absolute Gasteiger partial charge is 0.505 e. The van der Waals surface area contributed by atoms with Crippen LogP contribution in [0.1, 0.15) is 22.5 Å². The highest BCUT2D eigenvalue weighted by molar-refractivity contribution is 9.10. The van der Waals surface area contributed by atoms with E-state index in [-0.39, 0.29) is 4.60 Å². The summed E-state index contributed by atoms with van der Waals surface area (Å²) in [6, 6.07) is 0.672. The van der Waals surface area contributed by atoms with Crippen LogP contribution in [-0.4, -0.2) is 21.2 Å². The van der Waals surface area contributed by atoms with Crippen molar-refractivity contribution in [1.82, 2.24) is 4.98 Å². The normalized spacial score (nSPS) is 10.6. The van der Waals surface area contributed by atoms with Crippen LogP contribution in [0, 0.1) is 0 Å². The van der Waals surface area contributed by atoms with Crippen molar-refractivity contribution in [1.29, 1.82) is 0 Å². The number of carboxylic acid groups (broad SMARTS) is 1. The molecule has 76 valence electrons. The van der Waals surface area contributed by atoms with Crippen molar-refractivity contribution in [3.63, 3.8) is 0 Å². The van der Waals surface area contributed by atoms with Crippen LogP contribution in [0.15, 0.2) is 10.7 Å². The van der Waals surface area contributed by atoms with Crippen LogP contribution in [-0.2, 0) is 0 Å². The lowest BCUT2D eigenvalue weighted by Gasteiger charge is -2.05. The number of halogens is 3. The number of nitrogens with zero attached hydrogens (tertiary/aromatic N) is 1. The maximum atomic E-state index is 12.2. The monoisotopic (exact) mass is 267 g/mol. The van der Waals surface area contributed by atoms with Crippen LogP contribution < -0.4 is 0 Å². The van der Waals surface area contributed by atoms with E-state index >= 15 is 0 Å². The Morgan fingerprint density at radius 3 is 2.57 bits per heavy atom. The Morgan fingerprint density at radius 1 is 1.57 bits per heavy atom. The molecule has 7 heteroatoms. The summed E-state index contributed by atoms with van der Waals surface area (Å²) in [7, 11) is 0. The molecule has 0 aliphatic carbocycles. The molecule has 1 heterocycles. The number of carboxylic acids is 1. The average Bonchev–Trinajstić information content (AvgIpc) is 2.07. The lowest BCUT2D eigenvalue weighted by molar-refractivity contribution is 0.0685. The zero-order valence-corrected chi connectivity index (χ0v) is 8.12. The standard InChI is InChI=1S/C7H4BrF2NO3/c8-5-2(6(9)10)1-3(12)4(11-5)7(13)14/h1,6,12H,(H,13,14). The number of hydrogen-bond acceptors (Lipinski definition) is 3. The number of aromatic hydroxyl groups is 1. The second kappa shape index (κ2) is 3.87. The van der Waals surface area contributed by atoms with E-state index in [1.807, 2.05) is 0 Å². The van der Waals surface area contributed by atoms with Gasteiger partial charge in [0.15, 0.2) is 5.69 Å². The third-order valence-corrected chi connectivity index (χ3v) is 2.06. The maximum Gasteiger partial charge on any atom is 0.358 e. The van der Waals surface area contributed by atoms with Gasteiger partial charge in [-0.3, -0.25) is 0 Å². The summed E-state index contributed by atoms with van der Waals surface area (Å²) in [5.41, 5.74) is -1.21. The Kier molecular flexibility index (Phi) is 3.00. The summed E-state index contributed by atoms with van der Waals surface area (Å²) < 4.78 is 24.1. The molecular weight excluding hydrogens is 264 g/mol. The molecule has 0 fully saturated rings. The van der Waals surface area contributed by atoms with Gasteiger partial charge < -0.3 is 10.2 Å². The molecule has 2 N–H and O–H groups in total. The van der Waals surface area contributed by atoms with Crippen molar-refractivity contribution in [2.45, 2.75) is 6.43 Å². The summed E-state index contributed by atoms with van der Waals surface area (Å²) in [4.78, 5) is 13.7. The highest BCUT2D eigenvalue weighted by Crippen LogP contribution is 2.30. The van der Waals surface area contributed by atoms with E-state index in [4.69, 9.17) is 10.2 Å². The van der Waals surface area contributed by atoms with Crippen molar-refractivity contribution >= 4 is 21.9 Å². The van der Waals surface area contributed by atoms with Gasteiger partial charge in [-0.05, 0) is 22.0 Å². The molecule has 0 saturated carbocycles. The number of hydrogen-bond donors (Lipinski definition) is 2. The summed E-state index contributed by atoms with van der Waals surface area (Å²) in [5, 5.41) is 17.5. The van der Waals surface area contributed by atoms with Gasteiger partial charge in [0.05, 0.1) is 5.56 Å². The van der Waals surface area contributed by atoms with E-state index < -0.39 is 29.4 Å². The SMILES string of the molecule is O=C(O)c1nc(Br)c(C(F)F)cc1O. The lowest BCUT2D eigenvalue weighted by Crippen LogP contribution is -2.03. The molecule has 0 saturated heterocycles. The van der Waals surface area contributed by atoms with Crippen molar-refractivity contribution in [3.8, 4) is 5.75 Å². The number of aromatic carboxylic acids is 1. The predicted molar refractivity (Wildman–Crippen MR) is 45.5 cm³/mol. The third-order valence-electron chi connectivity index (χ3n) is 1.42. The number of alkyl halides is 2. The minimum Gasteiger partial charge on any atom is -0.505 e. The van der Waals surface area contributed by atoms with Crippen molar-refractivity contribution in [3.05, 3.63) is 21.9 Å². The zero-order valence-electron chi connectivity index (χ0n) is 6.54. The van der Waals surface area contributed by atoms with E-state index in [0.717, 1.165) is 0 Å². The van der Waals surface area contributed by atoms with Gasteiger partial charge in [0.1, 0.15) is 10.4 Å². The van der Waals surface area contributed by atoms with E-state index in [1.165, 1.54) is 0 Å². The first kappa shape index (κ1) is 10.8. The fourth-order valence-corrected chi connectivity index (χ4v) is 1.27. The van der Waals surface area contributed by atoms with Gasteiger partial charge in [-0.25, -0.2) is 18.6 Å². The number of pyridine rings is 1. The van der Waals surface area contributed by atoms with Gasteiger partial charge in [-0.15, -0.1) is 0 Å². The van der Waals surface area contributed by atoms with Crippen LogP contribution in [0.25, 0.3) is 0 Å². The molecule has 0 aliphatic heterocycles. The molecule has 0 aromatic carbocycles. The minimum atomic E-state index is -2.83. The average molecular weight is 268 g/mol. The second-order valence-electron chi connectivity index (χ2n) is 2.34. The van der Waals surface area contributed by atoms with Gasteiger partial charge in [-0.2, -0.15) is 0 Å². The van der Waals surface area contributed by atoms with Gasteiger partial charge in [0.2, 0.25) is 0 Å². The van der Waals surface area contributed by atoms with Gasteiger partial charge in [0, 0.05) is 0 Å². The van der Waals surface area contributed by atoms with Gasteiger partial charge in [-0.1, -0.05) is 0 Å². The molecule has 0 unspecified atom stereocenters. The molecule has 1 aromatic rings. The lowest BCUT2D eigenvalue weighted by atomic mass is 10.2. The van der Waals surface area contributed by atoms with Crippen molar-refractivity contribution in [2.75, 3.05) is 0 Å². The van der Waals surface area contributed by atoms with E-state index in [9.17, 15) is 13.6 Å². The first-order chi connectivity index (χ1) is 6.43. The van der Waals surface area contributed by atoms with Crippen molar-refractivity contribution in [2.24, 2.45) is 0 Å². The molecule has 1 rings (SSSR count). The Balaban J connectivity index is 3.31. The highest BCUT2D eigenvalue weighted by atomic mass is 79.9. The van der Waals surface area contributed by atoms with Crippen molar-refractivity contribution < 1.29 is 23.8 Å². The Bertz CT molecular complexity index is 383. The van der Waals surface area contributed by atoms with Crippen LogP contribution in [0.2, 0.25) is 0 Å². The number of carbonyl (C=O) groups is 1. The molecule has 4 nitrogen and oxygen atoms in total. The zero-order chi connectivity index (χ0) is 10.9. The smallest absolute Gasteiger partial charge is 0.358 e. The first-order valence-corrected chi connectivity index (χ1v) is 4.13. The summed E-state index contributed by atoms with van der Waals surface area (Å²) in [6.07, 6.45) is -2.83. The highest BCUT2D eigenvalue weighted by Gasteiger charge is 2.19. The van der Waals surface area contributed by atoms with Gasteiger partial charge >= 0.3 is 5.97 Å². The molecule has 0 spiro atoms. The molecule has 0 amide bonds. The maximum absolute atomic E-state index is 12.2. The Morgan fingerprint density at radius 2 is 2.14 bits per heavy atom. The Hall–Kier alpha value is -1.24. The minimum absolute atomic E-state index is 0.289. The first-order valence-electron chi connectivity index (χ1n) is 3.34. The molecule has 14 heavy (non-hydrogen) atoms. The molecule has 0 radical (unpaired) electrons. The molecule has 0 aliphatic rings. The van der Waals surface area contributed by atoms with E-state index in [2.05, 4.69) is 20.9 Å². The summed E-state index contributed by atoms with van der Waals surface area (Å²) >= 11 is 2.68. The third kappa shape index (κ3) is 1.98. The fraction of sp³-hybridized carbons (Fsp3) is 0.143. The summed E-state index contributed by atoms with van der Waals surface area (Å²) in [6.45, 7) is 0.